The average molecular weight is 374 g/mol. The molecule has 1 aliphatic carbocycles. The van der Waals surface area contributed by atoms with Gasteiger partial charge in [0.25, 0.3) is 0 Å². The van der Waals surface area contributed by atoms with Crippen LogP contribution in [0.2, 0.25) is 0 Å². The number of fused-ring (bicyclic) bond motifs is 1. The number of aromatic nitrogens is 1. The third kappa shape index (κ3) is 2.83. The fourth-order valence-electron chi connectivity index (χ4n) is 3.44. The normalized spacial score (nSPS) is 26.0. The summed E-state index contributed by atoms with van der Waals surface area (Å²) in [5.74, 6) is 1.53. The van der Waals surface area contributed by atoms with Gasteiger partial charge in [-0.15, -0.1) is 0 Å². The van der Waals surface area contributed by atoms with Gasteiger partial charge in [-0.1, -0.05) is 6.42 Å². The van der Waals surface area contributed by atoms with Gasteiger partial charge in [-0.2, -0.15) is 4.31 Å². The number of anilines is 1. The van der Waals surface area contributed by atoms with Crippen molar-refractivity contribution in [1.82, 2.24) is 9.29 Å². The number of hydrogen-bond donors (Lipinski definition) is 1. The van der Waals surface area contributed by atoms with Crippen LogP contribution in [0.3, 0.4) is 0 Å². The molecule has 5 nitrogen and oxygen atoms in total. The fraction of sp³-hybridized carbons (Fsp3) is 0.643. The Balaban J connectivity index is 1.93. The van der Waals surface area contributed by atoms with Crippen LogP contribution >= 0.6 is 15.9 Å². The van der Waals surface area contributed by atoms with Crippen LogP contribution in [0.5, 0.6) is 0 Å². The molecule has 0 amide bonds. The lowest BCUT2D eigenvalue weighted by atomic mass is 10.0. The highest BCUT2D eigenvalue weighted by Gasteiger charge is 2.42. The van der Waals surface area contributed by atoms with E-state index in [1.165, 1.54) is 6.42 Å². The number of hydrogen-bond acceptors (Lipinski definition) is 4. The zero-order valence-electron chi connectivity index (χ0n) is 12.0. The predicted molar refractivity (Wildman–Crippen MR) is 85.7 cm³/mol. The van der Waals surface area contributed by atoms with Crippen LogP contribution < -0.4 is 5.32 Å². The van der Waals surface area contributed by atoms with Crippen LogP contribution in [0.1, 0.15) is 26.2 Å². The van der Waals surface area contributed by atoms with Crippen LogP contribution in [-0.4, -0.2) is 37.3 Å². The van der Waals surface area contributed by atoms with Gasteiger partial charge in [-0.3, -0.25) is 0 Å². The molecule has 3 rings (SSSR count). The van der Waals surface area contributed by atoms with E-state index in [1.54, 1.807) is 16.6 Å². The number of pyridine rings is 1. The molecule has 7 heteroatoms. The van der Waals surface area contributed by atoms with Crippen molar-refractivity contribution in [3.8, 4) is 0 Å². The van der Waals surface area contributed by atoms with Crippen molar-refractivity contribution in [2.75, 3.05) is 25.0 Å². The second-order valence-corrected chi connectivity index (χ2v) is 8.63. The summed E-state index contributed by atoms with van der Waals surface area (Å²) in [5.41, 5.74) is 0. The first-order valence-electron chi connectivity index (χ1n) is 7.42. The maximum Gasteiger partial charge on any atom is 0.246 e. The van der Waals surface area contributed by atoms with Gasteiger partial charge in [-0.25, -0.2) is 13.4 Å². The molecular formula is C14H20BrN3O2S. The van der Waals surface area contributed by atoms with Gasteiger partial charge in [0.15, 0.2) is 0 Å². The second kappa shape index (κ2) is 5.85. The lowest BCUT2D eigenvalue weighted by Gasteiger charge is -2.19. The van der Waals surface area contributed by atoms with E-state index in [9.17, 15) is 8.42 Å². The van der Waals surface area contributed by atoms with Gasteiger partial charge in [-0.05, 0) is 53.6 Å². The van der Waals surface area contributed by atoms with Crippen molar-refractivity contribution in [2.45, 2.75) is 31.1 Å². The quantitative estimate of drug-likeness (QED) is 0.880. The Bertz CT molecular complexity index is 623. The van der Waals surface area contributed by atoms with Crippen molar-refractivity contribution < 1.29 is 8.42 Å². The lowest BCUT2D eigenvalue weighted by molar-refractivity contribution is 0.445. The third-order valence-electron chi connectivity index (χ3n) is 4.47. The van der Waals surface area contributed by atoms with Crippen molar-refractivity contribution >= 4 is 31.8 Å². The highest BCUT2D eigenvalue weighted by molar-refractivity contribution is 9.10. The standard InChI is InChI=1S/C14H20BrN3O2S/c1-2-16-14-13(6-12(15)7-17-14)21(19,20)18-8-10-4-3-5-11(10)9-18/h6-7,10-11H,2-5,8-9H2,1H3,(H,16,17). The Hall–Kier alpha value is -0.660. The van der Waals surface area contributed by atoms with Gasteiger partial charge < -0.3 is 5.32 Å². The van der Waals surface area contributed by atoms with E-state index in [0.717, 1.165) is 12.8 Å². The largest absolute Gasteiger partial charge is 0.369 e. The van der Waals surface area contributed by atoms with E-state index in [-0.39, 0.29) is 4.90 Å². The van der Waals surface area contributed by atoms with E-state index >= 15 is 0 Å². The molecule has 0 aromatic carbocycles. The summed E-state index contributed by atoms with van der Waals surface area (Å²) < 4.78 is 28.2. The monoisotopic (exact) mass is 373 g/mol. The first-order valence-corrected chi connectivity index (χ1v) is 9.65. The smallest absolute Gasteiger partial charge is 0.246 e. The molecule has 0 spiro atoms. The molecule has 1 aliphatic heterocycles. The Labute approximate surface area is 134 Å². The van der Waals surface area contributed by atoms with Crippen molar-refractivity contribution in [1.29, 1.82) is 0 Å². The minimum absolute atomic E-state index is 0.277. The zero-order valence-corrected chi connectivity index (χ0v) is 14.5. The number of sulfonamides is 1. The third-order valence-corrected chi connectivity index (χ3v) is 6.75. The highest BCUT2D eigenvalue weighted by Crippen LogP contribution is 2.40. The number of rotatable bonds is 4. The summed E-state index contributed by atoms with van der Waals surface area (Å²) in [7, 11) is -3.48. The summed E-state index contributed by atoms with van der Waals surface area (Å²) in [6.45, 7) is 3.89. The topological polar surface area (TPSA) is 62.3 Å². The number of nitrogens with one attached hydrogen (secondary N) is 1. The molecular weight excluding hydrogens is 354 g/mol. The van der Waals surface area contributed by atoms with Crippen LogP contribution in [0.4, 0.5) is 5.82 Å². The minimum Gasteiger partial charge on any atom is -0.369 e. The summed E-state index contributed by atoms with van der Waals surface area (Å²) in [5, 5.41) is 3.05. The summed E-state index contributed by atoms with van der Waals surface area (Å²) in [6, 6.07) is 1.65. The molecule has 2 heterocycles. The first kappa shape index (κ1) is 15.2. The van der Waals surface area contributed by atoms with Gasteiger partial charge >= 0.3 is 0 Å². The second-order valence-electron chi connectivity index (χ2n) is 5.80. The molecule has 1 aromatic heterocycles. The van der Waals surface area contributed by atoms with Crippen molar-refractivity contribution in [2.24, 2.45) is 11.8 Å². The summed E-state index contributed by atoms with van der Waals surface area (Å²) >= 11 is 3.32. The van der Waals surface area contributed by atoms with Crippen molar-refractivity contribution in [3.63, 3.8) is 0 Å². The molecule has 0 radical (unpaired) electrons. The van der Waals surface area contributed by atoms with E-state index in [2.05, 4.69) is 26.2 Å². The summed E-state index contributed by atoms with van der Waals surface area (Å²) in [6.07, 6.45) is 5.18. The van der Waals surface area contributed by atoms with Gasteiger partial charge in [0.05, 0.1) is 0 Å². The molecule has 1 N–H and O–H groups in total. The molecule has 2 fully saturated rings. The molecule has 1 aromatic rings. The van der Waals surface area contributed by atoms with Crippen molar-refractivity contribution in [3.05, 3.63) is 16.7 Å². The molecule has 1 saturated carbocycles. The summed E-state index contributed by atoms with van der Waals surface area (Å²) in [4.78, 5) is 4.49. The number of halogens is 1. The molecule has 116 valence electrons. The maximum absolute atomic E-state index is 12.9. The highest BCUT2D eigenvalue weighted by atomic mass is 79.9. The SMILES string of the molecule is CCNc1ncc(Br)cc1S(=O)(=O)N1CC2CCCC2C1. The molecule has 21 heavy (non-hydrogen) atoms. The van der Waals surface area contributed by atoms with E-state index < -0.39 is 10.0 Å². The van der Waals surface area contributed by atoms with E-state index in [1.807, 2.05) is 6.92 Å². The predicted octanol–water partition coefficient (Wildman–Crippen LogP) is 2.70. The Morgan fingerprint density at radius 2 is 2.05 bits per heavy atom. The minimum atomic E-state index is -3.48. The molecule has 0 bridgehead atoms. The fourth-order valence-corrected chi connectivity index (χ4v) is 5.63. The van der Waals surface area contributed by atoms with Crippen LogP contribution in [0, 0.1) is 11.8 Å². The Morgan fingerprint density at radius 3 is 2.67 bits per heavy atom. The van der Waals surface area contributed by atoms with Crippen LogP contribution in [-0.2, 0) is 10.0 Å². The van der Waals surface area contributed by atoms with Gasteiger partial charge in [0.1, 0.15) is 10.7 Å². The van der Waals surface area contributed by atoms with Crippen LogP contribution in [0.15, 0.2) is 21.6 Å². The lowest BCUT2D eigenvalue weighted by Crippen LogP contribution is -2.30. The molecule has 2 aliphatic rings. The average Bonchev–Trinajstić information content (AvgIpc) is 3.02. The van der Waals surface area contributed by atoms with Gasteiger partial charge in [0, 0.05) is 30.3 Å². The molecule has 2 atom stereocenters. The Morgan fingerprint density at radius 1 is 1.38 bits per heavy atom. The number of nitrogens with zero attached hydrogens (tertiary/aromatic N) is 2. The maximum atomic E-state index is 12.9. The first-order chi connectivity index (χ1) is 10.0. The van der Waals surface area contributed by atoms with Gasteiger partial charge in [0.2, 0.25) is 10.0 Å². The van der Waals surface area contributed by atoms with E-state index in [4.69, 9.17) is 0 Å². The Kier molecular flexibility index (Phi) is 4.25. The molecule has 2 unspecified atom stereocenters. The van der Waals surface area contributed by atoms with E-state index in [0.29, 0.717) is 41.8 Å². The zero-order chi connectivity index (χ0) is 15.0. The van der Waals surface area contributed by atoms with Crippen LogP contribution in [0.25, 0.3) is 0 Å². The molecule has 1 saturated heterocycles.